The summed E-state index contributed by atoms with van der Waals surface area (Å²) in [7, 11) is 0. The summed E-state index contributed by atoms with van der Waals surface area (Å²) in [6, 6.07) is 4.41. The largest absolute Gasteiger partial charge is 0.399 e. The lowest BCUT2D eigenvalue weighted by atomic mass is 10.1. The van der Waals surface area contributed by atoms with Crippen LogP contribution in [0.25, 0.3) is 0 Å². The molecule has 1 aromatic carbocycles. The predicted molar refractivity (Wildman–Crippen MR) is 74.9 cm³/mol. The van der Waals surface area contributed by atoms with E-state index in [4.69, 9.17) is 11.5 Å². The SMILES string of the molecule is CCNC(=O)c1ccc(N)cc1NCCNC(N)=O. The van der Waals surface area contributed by atoms with Gasteiger partial charge in [-0.15, -0.1) is 0 Å². The minimum Gasteiger partial charge on any atom is -0.399 e. The Morgan fingerprint density at radius 1 is 1.21 bits per heavy atom. The van der Waals surface area contributed by atoms with E-state index in [-0.39, 0.29) is 5.91 Å². The molecule has 1 rings (SSSR count). The Morgan fingerprint density at radius 3 is 2.58 bits per heavy atom. The molecule has 1 aromatic rings. The maximum absolute atomic E-state index is 11.8. The van der Waals surface area contributed by atoms with Crippen molar-refractivity contribution in [3.8, 4) is 0 Å². The number of hydrogen-bond donors (Lipinski definition) is 5. The van der Waals surface area contributed by atoms with Crippen molar-refractivity contribution in [1.29, 1.82) is 0 Å². The summed E-state index contributed by atoms with van der Waals surface area (Å²) in [6.45, 7) is 3.20. The van der Waals surface area contributed by atoms with Gasteiger partial charge in [-0.3, -0.25) is 4.79 Å². The number of carbonyl (C=O) groups is 2. The molecular formula is C12H19N5O2. The third-order valence-corrected chi connectivity index (χ3v) is 2.37. The van der Waals surface area contributed by atoms with Crippen LogP contribution in [0.2, 0.25) is 0 Å². The summed E-state index contributed by atoms with van der Waals surface area (Å²) >= 11 is 0. The highest BCUT2D eigenvalue weighted by molar-refractivity contribution is 6.00. The molecule has 7 heteroatoms. The first-order valence-electron chi connectivity index (χ1n) is 5.99. The average Bonchev–Trinajstić information content (AvgIpc) is 2.34. The van der Waals surface area contributed by atoms with Crippen molar-refractivity contribution in [3.05, 3.63) is 23.8 Å². The van der Waals surface area contributed by atoms with Gasteiger partial charge in [0.1, 0.15) is 0 Å². The number of benzene rings is 1. The molecule has 0 atom stereocenters. The summed E-state index contributed by atoms with van der Waals surface area (Å²) in [4.78, 5) is 22.4. The fraction of sp³-hybridized carbons (Fsp3) is 0.333. The Balaban J connectivity index is 2.71. The fourth-order valence-electron chi connectivity index (χ4n) is 1.54. The van der Waals surface area contributed by atoms with E-state index in [1.807, 2.05) is 6.92 Å². The highest BCUT2D eigenvalue weighted by Crippen LogP contribution is 2.18. The van der Waals surface area contributed by atoms with Crippen LogP contribution in [0.5, 0.6) is 0 Å². The van der Waals surface area contributed by atoms with Gasteiger partial charge in [0.25, 0.3) is 5.91 Å². The maximum atomic E-state index is 11.8. The van der Waals surface area contributed by atoms with Crippen LogP contribution in [-0.4, -0.2) is 31.6 Å². The van der Waals surface area contributed by atoms with Gasteiger partial charge in [0.15, 0.2) is 0 Å². The molecule has 0 aromatic heterocycles. The van der Waals surface area contributed by atoms with Gasteiger partial charge < -0.3 is 27.4 Å². The lowest BCUT2D eigenvalue weighted by Gasteiger charge is -2.12. The molecule has 7 nitrogen and oxygen atoms in total. The second kappa shape index (κ2) is 7.10. The topological polar surface area (TPSA) is 122 Å². The van der Waals surface area contributed by atoms with Crippen LogP contribution < -0.4 is 27.4 Å². The van der Waals surface area contributed by atoms with Crippen LogP contribution in [0, 0.1) is 0 Å². The van der Waals surface area contributed by atoms with Gasteiger partial charge in [-0.1, -0.05) is 0 Å². The molecule has 0 unspecified atom stereocenters. The van der Waals surface area contributed by atoms with Crippen molar-refractivity contribution >= 4 is 23.3 Å². The second-order valence-corrected chi connectivity index (χ2v) is 3.88. The van der Waals surface area contributed by atoms with E-state index in [9.17, 15) is 9.59 Å². The number of carbonyl (C=O) groups excluding carboxylic acids is 2. The fourth-order valence-corrected chi connectivity index (χ4v) is 1.54. The number of amides is 3. The Kier molecular flexibility index (Phi) is 5.46. The van der Waals surface area contributed by atoms with E-state index >= 15 is 0 Å². The van der Waals surface area contributed by atoms with Crippen LogP contribution in [0.3, 0.4) is 0 Å². The Morgan fingerprint density at radius 2 is 1.95 bits per heavy atom. The first-order valence-corrected chi connectivity index (χ1v) is 5.99. The van der Waals surface area contributed by atoms with Crippen molar-refractivity contribution in [1.82, 2.24) is 10.6 Å². The summed E-state index contributed by atoms with van der Waals surface area (Å²) < 4.78 is 0. The first-order chi connectivity index (χ1) is 9.04. The molecule has 0 spiro atoms. The molecular weight excluding hydrogens is 246 g/mol. The van der Waals surface area contributed by atoms with Gasteiger partial charge in [0, 0.05) is 31.0 Å². The molecule has 0 fully saturated rings. The van der Waals surface area contributed by atoms with Gasteiger partial charge in [0.05, 0.1) is 5.56 Å². The zero-order chi connectivity index (χ0) is 14.3. The molecule has 0 radical (unpaired) electrons. The molecule has 104 valence electrons. The summed E-state index contributed by atoms with van der Waals surface area (Å²) in [6.07, 6.45) is 0. The third kappa shape index (κ3) is 4.74. The summed E-state index contributed by atoms with van der Waals surface area (Å²) in [5.41, 5.74) is 12.3. The van der Waals surface area contributed by atoms with E-state index in [1.165, 1.54) is 0 Å². The Hall–Kier alpha value is -2.44. The normalized spacial score (nSPS) is 9.74. The Labute approximate surface area is 111 Å². The molecule has 7 N–H and O–H groups in total. The van der Waals surface area contributed by atoms with Crippen LogP contribution in [0.1, 0.15) is 17.3 Å². The van der Waals surface area contributed by atoms with Crippen LogP contribution in [0.15, 0.2) is 18.2 Å². The third-order valence-electron chi connectivity index (χ3n) is 2.37. The minimum atomic E-state index is -0.585. The van der Waals surface area contributed by atoms with Crippen molar-refractivity contribution in [3.63, 3.8) is 0 Å². The molecule has 0 aliphatic carbocycles. The quantitative estimate of drug-likeness (QED) is 0.370. The molecule has 19 heavy (non-hydrogen) atoms. The second-order valence-electron chi connectivity index (χ2n) is 3.88. The maximum Gasteiger partial charge on any atom is 0.312 e. The first kappa shape index (κ1) is 14.6. The van der Waals surface area contributed by atoms with Gasteiger partial charge in [-0.2, -0.15) is 0 Å². The van der Waals surface area contributed by atoms with Gasteiger partial charge in [0.2, 0.25) is 0 Å². The van der Waals surface area contributed by atoms with E-state index in [2.05, 4.69) is 16.0 Å². The van der Waals surface area contributed by atoms with Gasteiger partial charge in [-0.25, -0.2) is 4.79 Å². The standard InChI is InChI=1S/C12H19N5O2/c1-2-15-11(18)9-4-3-8(13)7-10(9)16-5-6-17-12(14)19/h3-4,7,16H,2,5-6,13H2,1H3,(H,15,18)(H3,14,17,19). The number of nitrogen functional groups attached to an aromatic ring is 1. The number of nitrogens with two attached hydrogens (primary N) is 2. The van der Waals surface area contributed by atoms with Crippen molar-refractivity contribution in [2.45, 2.75) is 6.92 Å². The van der Waals surface area contributed by atoms with Crippen molar-refractivity contribution < 1.29 is 9.59 Å². The molecule has 0 bridgehead atoms. The van der Waals surface area contributed by atoms with Crippen molar-refractivity contribution in [2.75, 3.05) is 30.7 Å². The minimum absolute atomic E-state index is 0.173. The van der Waals surface area contributed by atoms with Gasteiger partial charge in [-0.05, 0) is 25.1 Å². The monoisotopic (exact) mass is 265 g/mol. The molecule has 0 heterocycles. The van der Waals surface area contributed by atoms with Gasteiger partial charge >= 0.3 is 6.03 Å². The van der Waals surface area contributed by atoms with Crippen LogP contribution in [-0.2, 0) is 0 Å². The van der Waals surface area contributed by atoms with E-state index < -0.39 is 6.03 Å². The van der Waals surface area contributed by atoms with E-state index in [0.717, 1.165) is 0 Å². The summed E-state index contributed by atoms with van der Waals surface area (Å²) in [5.74, 6) is -0.173. The van der Waals surface area contributed by atoms with E-state index in [0.29, 0.717) is 36.6 Å². The number of hydrogen-bond acceptors (Lipinski definition) is 4. The zero-order valence-corrected chi connectivity index (χ0v) is 10.8. The highest BCUT2D eigenvalue weighted by Gasteiger charge is 2.10. The number of urea groups is 1. The van der Waals surface area contributed by atoms with Crippen LogP contribution >= 0.6 is 0 Å². The number of anilines is 2. The lowest BCUT2D eigenvalue weighted by Crippen LogP contribution is -2.33. The highest BCUT2D eigenvalue weighted by atomic mass is 16.2. The van der Waals surface area contributed by atoms with E-state index in [1.54, 1.807) is 18.2 Å². The molecule has 0 saturated carbocycles. The number of primary amides is 1. The molecule has 3 amide bonds. The van der Waals surface area contributed by atoms with Crippen molar-refractivity contribution in [2.24, 2.45) is 5.73 Å². The molecule has 0 saturated heterocycles. The predicted octanol–water partition coefficient (Wildman–Crippen LogP) is 0.0987. The lowest BCUT2D eigenvalue weighted by molar-refractivity contribution is 0.0956. The summed E-state index contributed by atoms with van der Waals surface area (Å²) in [5, 5.41) is 8.21. The Bertz CT molecular complexity index is 461. The van der Waals surface area contributed by atoms with Crippen LogP contribution in [0.4, 0.5) is 16.2 Å². The molecule has 0 aliphatic rings. The number of nitrogens with one attached hydrogen (secondary N) is 3. The molecule has 0 aliphatic heterocycles. The zero-order valence-electron chi connectivity index (χ0n) is 10.8. The smallest absolute Gasteiger partial charge is 0.312 e. The average molecular weight is 265 g/mol. The number of rotatable bonds is 6.